The highest BCUT2D eigenvalue weighted by Gasteiger charge is 2.26. The van der Waals surface area contributed by atoms with Crippen LogP contribution in [-0.4, -0.2) is 32.6 Å². The van der Waals surface area contributed by atoms with E-state index in [9.17, 15) is 9.59 Å². The molecule has 174 valence electrons. The summed E-state index contributed by atoms with van der Waals surface area (Å²) in [6.45, 7) is 0.323. The first-order chi connectivity index (χ1) is 16.5. The van der Waals surface area contributed by atoms with Crippen molar-refractivity contribution in [3.63, 3.8) is 0 Å². The molecule has 2 amide bonds. The molecule has 8 heteroatoms. The van der Waals surface area contributed by atoms with Crippen molar-refractivity contribution in [2.45, 2.75) is 6.54 Å². The monoisotopic (exact) mass is 478 g/mol. The van der Waals surface area contributed by atoms with Gasteiger partial charge in [-0.3, -0.25) is 9.59 Å². The van der Waals surface area contributed by atoms with Crippen molar-refractivity contribution < 1.29 is 23.8 Å². The van der Waals surface area contributed by atoms with Crippen LogP contribution >= 0.6 is 11.6 Å². The zero-order chi connectivity index (χ0) is 24.1. The Morgan fingerprint density at radius 1 is 1.06 bits per heavy atom. The first kappa shape index (κ1) is 23.2. The Kier molecular flexibility index (Phi) is 7.04. The molecule has 1 aliphatic heterocycles. The summed E-state index contributed by atoms with van der Waals surface area (Å²) in [5, 5.41) is 3.46. The molecule has 7 nitrogen and oxygen atoms in total. The van der Waals surface area contributed by atoms with Crippen molar-refractivity contribution in [3.8, 4) is 17.2 Å². The van der Waals surface area contributed by atoms with Crippen LogP contribution in [0.3, 0.4) is 0 Å². The Balaban J connectivity index is 1.50. The maximum absolute atomic E-state index is 12.6. The Bertz CT molecular complexity index is 1240. The van der Waals surface area contributed by atoms with Gasteiger partial charge in [-0.2, -0.15) is 0 Å². The Labute approximate surface area is 202 Å². The summed E-state index contributed by atoms with van der Waals surface area (Å²) in [6.07, 6.45) is 3.10. The highest BCUT2D eigenvalue weighted by Crippen LogP contribution is 2.35. The van der Waals surface area contributed by atoms with Crippen LogP contribution in [0.5, 0.6) is 17.2 Å². The third kappa shape index (κ3) is 5.32. The molecule has 0 atom stereocenters. The predicted octanol–water partition coefficient (Wildman–Crippen LogP) is 4.93. The molecule has 1 heterocycles. The van der Waals surface area contributed by atoms with E-state index in [1.54, 1.807) is 67.7 Å². The third-order valence-corrected chi connectivity index (χ3v) is 5.51. The number of anilines is 2. The highest BCUT2D eigenvalue weighted by atomic mass is 35.5. The average molecular weight is 479 g/mol. The molecule has 1 aliphatic rings. The second-order valence-corrected chi connectivity index (χ2v) is 7.95. The maximum atomic E-state index is 12.6. The van der Waals surface area contributed by atoms with Gasteiger partial charge in [0.2, 0.25) is 5.91 Å². The topological polar surface area (TPSA) is 77.1 Å². The van der Waals surface area contributed by atoms with Crippen molar-refractivity contribution >= 4 is 40.9 Å². The first-order valence-corrected chi connectivity index (χ1v) is 10.9. The van der Waals surface area contributed by atoms with Gasteiger partial charge in [0.15, 0.2) is 18.1 Å². The minimum atomic E-state index is -0.318. The van der Waals surface area contributed by atoms with Gasteiger partial charge in [0.25, 0.3) is 5.91 Å². The fourth-order valence-corrected chi connectivity index (χ4v) is 3.66. The van der Waals surface area contributed by atoms with Gasteiger partial charge in [-0.15, -0.1) is 0 Å². The fraction of sp³-hybridized carbons (Fsp3) is 0.154. The van der Waals surface area contributed by atoms with Crippen LogP contribution in [0.4, 0.5) is 11.4 Å². The number of amides is 2. The normalized spacial score (nSPS) is 12.8. The minimum absolute atomic E-state index is 0.0413. The summed E-state index contributed by atoms with van der Waals surface area (Å²) in [6, 6.07) is 17.9. The first-order valence-electron chi connectivity index (χ1n) is 10.5. The third-order valence-electron chi connectivity index (χ3n) is 5.26. The molecule has 0 bridgehead atoms. The lowest BCUT2D eigenvalue weighted by Crippen LogP contribution is -2.38. The van der Waals surface area contributed by atoms with E-state index in [4.69, 9.17) is 25.8 Å². The van der Waals surface area contributed by atoms with Crippen LogP contribution in [0.2, 0.25) is 5.02 Å². The van der Waals surface area contributed by atoms with Crippen molar-refractivity contribution in [2.24, 2.45) is 0 Å². The summed E-state index contributed by atoms with van der Waals surface area (Å²) < 4.78 is 16.1. The number of fused-ring (bicyclic) bond motifs is 1. The van der Waals surface area contributed by atoms with Crippen LogP contribution in [0.25, 0.3) is 6.08 Å². The van der Waals surface area contributed by atoms with Crippen molar-refractivity contribution in [1.29, 1.82) is 0 Å². The van der Waals surface area contributed by atoms with Crippen molar-refractivity contribution in [1.82, 2.24) is 0 Å². The second-order valence-electron chi connectivity index (χ2n) is 7.51. The zero-order valence-corrected chi connectivity index (χ0v) is 19.5. The lowest BCUT2D eigenvalue weighted by molar-refractivity contribution is -0.121. The van der Waals surface area contributed by atoms with Crippen LogP contribution in [-0.2, 0) is 16.1 Å². The summed E-state index contributed by atoms with van der Waals surface area (Å²) in [5.41, 5.74) is 2.84. The van der Waals surface area contributed by atoms with Gasteiger partial charge in [0, 0.05) is 16.8 Å². The summed E-state index contributed by atoms with van der Waals surface area (Å²) in [5.74, 6) is 1.28. The molecule has 0 aromatic heterocycles. The van der Waals surface area contributed by atoms with E-state index in [1.165, 1.54) is 6.08 Å². The number of carbonyl (C=O) groups excluding carboxylic acids is 2. The van der Waals surface area contributed by atoms with Gasteiger partial charge in [0.05, 0.1) is 26.5 Å². The number of methoxy groups -OCH3 is 2. The SMILES string of the molecule is COc1ccc(/C=C/C(=O)Nc2ccc3c(c2)N(Cc2ccc(Cl)cc2)C(=O)CO3)cc1OC. The Morgan fingerprint density at radius 3 is 2.56 bits per heavy atom. The molecule has 0 spiro atoms. The number of rotatable bonds is 7. The molecule has 0 fully saturated rings. The summed E-state index contributed by atoms with van der Waals surface area (Å²) in [7, 11) is 3.12. The molecule has 0 aliphatic carbocycles. The molecular formula is C26H23ClN2O5. The van der Waals surface area contributed by atoms with Gasteiger partial charge in [-0.1, -0.05) is 29.8 Å². The fourth-order valence-electron chi connectivity index (χ4n) is 3.54. The van der Waals surface area contributed by atoms with E-state index in [-0.39, 0.29) is 18.4 Å². The number of hydrogen-bond acceptors (Lipinski definition) is 5. The van der Waals surface area contributed by atoms with E-state index in [0.717, 1.165) is 11.1 Å². The standard InChI is InChI=1S/C26H23ClN2O5/c1-32-23-10-5-17(13-24(23)33-2)6-12-25(30)28-20-9-11-22-21(14-20)29(26(31)16-34-22)15-18-3-7-19(27)8-4-18/h3-14H,15-16H2,1-2H3,(H,28,30)/b12-6+. The highest BCUT2D eigenvalue weighted by molar-refractivity contribution is 6.30. The van der Waals surface area contributed by atoms with E-state index in [2.05, 4.69) is 5.32 Å². The lowest BCUT2D eigenvalue weighted by atomic mass is 10.1. The second kappa shape index (κ2) is 10.3. The van der Waals surface area contributed by atoms with E-state index in [0.29, 0.717) is 40.2 Å². The minimum Gasteiger partial charge on any atom is -0.493 e. The Hall–Kier alpha value is -3.97. The molecule has 1 N–H and O–H groups in total. The predicted molar refractivity (Wildman–Crippen MR) is 132 cm³/mol. The van der Waals surface area contributed by atoms with Gasteiger partial charge < -0.3 is 24.4 Å². The van der Waals surface area contributed by atoms with Crippen molar-refractivity contribution in [3.05, 3.63) is 82.9 Å². The molecule has 0 unspecified atom stereocenters. The molecular weight excluding hydrogens is 456 g/mol. The number of nitrogens with zero attached hydrogens (tertiary/aromatic N) is 1. The van der Waals surface area contributed by atoms with E-state index in [1.807, 2.05) is 18.2 Å². The van der Waals surface area contributed by atoms with Crippen LogP contribution in [0, 0.1) is 0 Å². The van der Waals surface area contributed by atoms with E-state index < -0.39 is 0 Å². The molecule has 0 radical (unpaired) electrons. The molecule has 0 saturated heterocycles. The van der Waals surface area contributed by atoms with Crippen LogP contribution in [0.15, 0.2) is 66.7 Å². The maximum Gasteiger partial charge on any atom is 0.265 e. The Morgan fingerprint density at radius 2 is 1.82 bits per heavy atom. The number of halogens is 1. The molecule has 34 heavy (non-hydrogen) atoms. The molecule has 3 aromatic carbocycles. The van der Waals surface area contributed by atoms with Crippen molar-refractivity contribution in [2.75, 3.05) is 31.0 Å². The molecule has 3 aromatic rings. The largest absolute Gasteiger partial charge is 0.493 e. The average Bonchev–Trinajstić information content (AvgIpc) is 2.85. The van der Waals surface area contributed by atoms with Gasteiger partial charge in [-0.25, -0.2) is 0 Å². The smallest absolute Gasteiger partial charge is 0.265 e. The lowest BCUT2D eigenvalue weighted by Gasteiger charge is -2.30. The van der Waals surface area contributed by atoms with Gasteiger partial charge >= 0.3 is 0 Å². The number of benzene rings is 3. The van der Waals surface area contributed by atoms with Crippen LogP contribution < -0.4 is 24.4 Å². The molecule has 4 rings (SSSR count). The summed E-state index contributed by atoms with van der Waals surface area (Å²) >= 11 is 5.97. The molecule has 0 saturated carbocycles. The summed E-state index contributed by atoms with van der Waals surface area (Å²) in [4.78, 5) is 26.7. The van der Waals surface area contributed by atoms with Gasteiger partial charge in [0.1, 0.15) is 5.75 Å². The number of carbonyl (C=O) groups is 2. The van der Waals surface area contributed by atoms with Crippen LogP contribution in [0.1, 0.15) is 11.1 Å². The van der Waals surface area contributed by atoms with Gasteiger partial charge in [-0.05, 0) is 59.7 Å². The number of hydrogen-bond donors (Lipinski definition) is 1. The van der Waals surface area contributed by atoms with E-state index >= 15 is 0 Å². The number of nitrogens with one attached hydrogen (secondary N) is 1. The number of ether oxygens (including phenoxy) is 3. The quantitative estimate of drug-likeness (QED) is 0.487. The zero-order valence-electron chi connectivity index (χ0n) is 18.7.